The van der Waals surface area contributed by atoms with Gasteiger partial charge in [-0.3, -0.25) is 4.79 Å². The van der Waals surface area contributed by atoms with E-state index in [1.54, 1.807) is 6.07 Å². The van der Waals surface area contributed by atoms with Crippen molar-refractivity contribution in [1.82, 2.24) is 0 Å². The summed E-state index contributed by atoms with van der Waals surface area (Å²) in [4.78, 5) is 22.7. The van der Waals surface area contributed by atoms with Crippen LogP contribution >= 0.6 is 11.6 Å². The van der Waals surface area contributed by atoms with E-state index >= 15 is 0 Å². The Hall–Kier alpha value is -1.55. The van der Waals surface area contributed by atoms with Crippen LogP contribution in [0.1, 0.15) is 62.2 Å². The molecule has 0 saturated carbocycles. The van der Waals surface area contributed by atoms with Crippen LogP contribution in [0.5, 0.6) is 0 Å². The van der Waals surface area contributed by atoms with Crippen molar-refractivity contribution < 1.29 is 14.7 Å². The van der Waals surface area contributed by atoms with Crippen LogP contribution in [0.3, 0.4) is 0 Å². The molecule has 21 heavy (non-hydrogen) atoms. The summed E-state index contributed by atoms with van der Waals surface area (Å²) in [5, 5.41) is 11.9. The van der Waals surface area contributed by atoms with Crippen molar-refractivity contribution in [2.75, 3.05) is 5.32 Å². The molecule has 1 aromatic carbocycles. The van der Waals surface area contributed by atoms with Crippen LogP contribution in [-0.4, -0.2) is 17.0 Å². The van der Waals surface area contributed by atoms with Crippen molar-refractivity contribution in [2.24, 2.45) is 0 Å². The average Bonchev–Trinajstić information content (AvgIpc) is 2.42. The molecule has 0 saturated heterocycles. The lowest BCUT2D eigenvalue weighted by Gasteiger charge is -2.07. The molecule has 116 valence electrons. The molecule has 1 rings (SSSR count). The predicted molar refractivity (Wildman–Crippen MR) is 85.0 cm³/mol. The first-order valence-electron chi connectivity index (χ1n) is 7.36. The van der Waals surface area contributed by atoms with Crippen LogP contribution in [0, 0.1) is 0 Å². The molecule has 1 aromatic rings. The maximum atomic E-state index is 11.8. The van der Waals surface area contributed by atoms with Gasteiger partial charge in [0.25, 0.3) is 0 Å². The van der Waals surface area contributed by atoms with Gasteiger partial charge in [-0.2, -0.15) is 0 Å². The summed E-state index contributed by atoms with van der Waals surface area (Å²) >= 11 is 5.84. The fraction of sp³-hybridized carbons (Fsp3) is 0.500. The van der Waals surface area contributed by atoms with E-state index < -0.39 is 5.97 Å². The molecular weight excluding hydrogens is 290 g/mol. The summed E-state index contributed by atoms with van der Waals surface area (Å²) in [6.45, 7) is 2.17. The lowest BCUT2D eigenvalue weighted by molar-refractivity contribution is -0.116. The molecule has 0 aliphatic carbocycles. The normalized spacial score (nSPS) is 10.4. The molecule has 4 nitrogen and oxygen atoms in total. The van der Waals surface area contributed by atoms with Crippen LogP contribution in [0.15, 0.2) is 18.2 Å². The largest absolute Gasteiger partial charge is 0.478 e. The van der Waals surface area contributed by atoms with E-state index in [-0.39, 0.29) is 11.5 Å². The monoisotopic (exact) mass is 311 g/mol. The second-order valence-corrected chi connectivity index (χ2v) is 5.54. The van der Waals surface area contributed by atoms with Gasteiger partial charge in [0.2, 0.25) is 5.91 Å². The van der Waals surface area contributed by atoms with E-state index in [9.17, 15) is 9.59 Å². The highest BCUT2D eigenvalue weighted by Gasteiger charge is 2.08. The van der Waals surface area contributed by atoms with Crippen LogP contribution in [0.4, 0.5) is 5.69 Å². The minimum Gasteiger partial charge on any atom is -0.478 e. The maximum absolute atomic E-state index is 11.8. The van der Waals surface area contributed by atoms with E-state index in [2.05, 4.69) is 12.2 Å². The molecule has 1 amide bonds. The molecule has 2 N–H and O–H groups in total. The van der Waals surface area contributed by atoms with Gasteiger partial charge in [0.05, 0.1) is 5.56 Å². The Morgan fingerprint density at radius 1 is 1.10 bits per heavy atom. The number of hydrogen-bond acceptors (Lipinski definition) is 2. The lowest BCUT2D eigenvalue weighted by Crippen LogP contribution is -2.11. The van der Waals surface area contributed by atoms with Crippen LogP contribution in [0.2, 0.25) is 5.02 Å². The van der Waals surface area contributed by atoms with Gasteiger partial charge < -0.3 is 10.4 Å². The van der Waals surface area contributed by atoms with Gasteiger partial charge in [0, 0.05) is 17.1 Å². The standard InChI is InChI=1S/C16H22ClNO3/c1-2-3-4-5-6-7-8-15(19)18-14-10-12(16(20)21)9-13(17)11-14/h9-11H,2-8H2,1H3,(H,18,19)(H,20,21). The zero-order chi connectivity index (χ0) is 15.7. The second-order valence-electron chi connectivity index (χ2n) is 5.10. The molecule has 0 radical (unpaired) electrons. The number of benzene rings is 1. The minimum absolute atomic E-state index is 0.0670. The third-order valence-electron chi connectivity index (χ3n) is 3.19. The Labute approximate surface area is 130 Å². The van der Waals surface area contributed by atoms with E-state index in [0.717, 1.165) is 19.3 Å². The van der Waals surface area contributed by atoms with Gasteiger partial charge in [-0.05, 0) is 24.6 Å². The van der Waals surface area contributed by atoms with Crippen molar-refractivity contribution in [2.45, 2.75) is 51.9 Å². The van der Waals surface area contributed by atoms with E-state index in [4.69, 9.17) is 16.7 Å². The molecule has 0 fully saturated rings. The summed E-state index contributed by atoms with van der Waals surface area (Å²) in [5.41, 5.74) is 0.494. The number of aromatic carboxylic acids is 1. The number of carboxylic acids is 1. The van der Waals surface area contributed by atoms with Crippen molar-refractivity contribution >= 4 is 29.2 Å². The molecule has 0 bridgehead atoms. The fourth-order valence-corrected chi connectivity index (χ4v) is 2.31. The van der Waals surface area contributed by atoms with Gasteiger partial charge >= 0.3 is 5.97 Å². The highest BCUT2D eigenvalue weighted by Crippen LogP contribution is 2.19. The highest BCUT2D eigenvalue weighted by atomic mass is 35.5. The number of hydrogen-bond donors (Lipinski definition) is 2. The average molecular weight is 312 g/mol. The Bertz CT molecular complexity index is 488. The molecule has 0 aliphatic heterocycles. The molecular formula is C16H22ClNO3. The number of carbonyl (C=O) groups is 2. The number of carboxylic acid groups (broad SMARTS) is 1. The van der Waals surface area contributed by atoms with Crippen LogP contribution in [0.25, 0.3) is 0 Å². The summed E-state index contributed by atoms with van der Waals surface area (Å²) in [7, 11) is 0. The van der Waals surface area contributed by atoms with Gasteiger partial charge in [0.1, 0.15) is 0 Å². The Morgan fingerprint density at radius 2 is 1.76 bits per heavy atom. The molecule has 0 aliphatic rings. The van der Waals surface area contributed by atoms with Gasteiger partial charge in [-0.1, -0.05) is 50.6 Å². The minimum atomic E-state index is -1.07. The first-order chi connectivity index (χ1) is 10.0. The molecule has 0 aromatic heterocycles. The van der Waals surface area contributed by atoms with E-state index in [0.29, 0.717) is 17.1 Å². The third kappa shape index (κ3) is 7.14. The SMILES string of the molecule is CCCCCCCCC(=O)Nc1cc(Cl)cc(C(=O)O)c1. The van der Waals surface area contributed by atoms with Gasteiger partial charge in [-0.25, -0.2) is 4.79 Å². The van der Waals surface area contributed by atoms with Crippen molar-refractivity contribution in [3.05, 3.63) is 28.8 Å². The van der Waals surface area contributed by atoms with E-state index in [1.165, 1.54) is 31.4 Å². The maximum Gasteiger partial charge on any atom is 0.335 e. The van der Waals surface area contributed by atoms with Crippen molar-refractivity contribution in [3.8, 4) is 0 Å². The Morgan fingerprint density at radius 3 is 2.43 bits per heavy atom. The first-order valence-corrected chi connectivity index (χ1v) is 7.74. The zero-order valence-electron chi connectivity index (χ0n) is 12.3. The van der Waals surface area contributed by atoms with Gasteiger partial charge in [-0.15, -0.1) is 0 Å². The second kappa shape index (κ2) is 9.40. The number of carbonyl (C=O) groups excluding carboxylic acids is 1. The first kappa shape index (κ1) is 17.5. The quantitative estimate of drug-likeness (QED) is 0.648. The Balaban J connectivity index is 2.39. The van der Waals surface area contributed by atoms with Crippen LogP contribution < -0.4 is 5.32 Å². The van der Waals surface area contributed by atoms with Gasteiger partial charge in [0.15, 0.2) is 0 Å². The predicted octanol–water partition coefficient (Wildman–Crippen LogP) is 4.73. The number of unbranched alkanes of at least 4 members (excludes halogenated alkanes) is 5. The summed E-state index contributed by atoms with van der Waals surface area (Å²) < 4.78 is 0. The van der Waals surface area contributed by atoms with E-state index in [1.807, 2.05) is 0 Å². The Kier molecular flexibility index (Phi) is 7.83. The molecule has 0 atom stereocenters. The summed E-state index contributed by atoms with van der Waals surface area (Å²) in [6, 6.07) is 4.31. The number of anilines is 1. The molecule has 0 heterocycles. The molecule has 0 unspecified atom stereocenters. The number of amides is 1. The third-order valence-corrected chi connectivity index (χ3v) is 3.40. The number of halogens is 1. The molecule has 5 heteroatoms. The number of nitrogens with one attached hydrogen (secondary N) is 1. The smallest absolute Gasteiger partial charge is 0.335 e. The van der Waals surface area contributed by atoms with Crippen molar-refractivity contribution in [1.29, 1.82) is 0 Å². The highest BCUT2D eigenvalue weighted by molar-refractivity contribution is 6.31. The zero-order valence-corrected chi connectivity index (χ0v) is 13.1. The topological polar surface area (TPSA) is 66.4 Å². The summed E-state index contributed by atoms with van der Waals surface area (Å²) in [6.07, 6.45) is 7.16. The number of rotatable bonds is 9. The fourth-order valence-electron chi connectivity index (χ4n) is 2.07. The lowest BCUT2D eigenvalue weighted by atomic mass is 10.1. The van der Waals surface area contributed by atoms with Crippen molar-refractivity contribution in [3.63, 3.8) is 0 Å². The molecule has 0 spiro atoms. The summed E-state index contributed by atoms with van der Waals surface area (Å²) in [5.74, 6) is -1.17. The van der Waals surface area contributed by atoms with Crippen LogP contribution in [-0.2, 0) is 4.79 Å².